The number of aromatic nitrogens is 1. The van der Waals surface area contributed by atoms with Crippen molar-refractivity contribution in [3.05, 3.63) is 35.5 Å². The number of aryl methyl sites for hydroxylation is 1. The maximum Gasteiger partial charge on any atom is 0.418 e. The Hall–Kier alpha value is -1.98. The number of para-hydroxylation sites is 1. The molecule has 6 heteroatoms. The lowest BCUT2D eigenvalue weighted by molar-refractivity contribution is -0.137. The van der Waals surface area contributed by atoms with Crippen molar-refractivity contribution in [2.45, 2.75) is 19.0 Å². The summed E-state index contributed by atoms with van der Waals surface area (Å²) in [6, 6.07) is 5.44. The molecule has 0 aliphatic carbocycles. The van der Waals surface area contributed by atoms with Crippen molar-refractivity contribution in [3.63, 3.8) is 0 Å². The number of alkyl halides is 3. The summed E-state index contributed by atoms with van der Waals surface area (Å²) in [4.78, 5) is 13.1. The number of carboxylic acid groups (broad SMARTS) is 1. The molecule has 18 heavy (non-hydrogen) atoms. The molecule has 0 fully saturated rings. The first-order valence-corrected chi connectivity index (χ1v) is 5.27. The molecule has 0 spiro atoms. The lowest BCUT2D eigenvalue weighted by Crippen LogP contribution is -2.05. The highest BCUT2D eigenvalue weighted by Crippen LogP contribution is 2.34. The predicted octanol–water partition coefficient (Wildman–Crippen LogP) is 3.20. The summed E-state index contributed by atoms with van der Waals surface area (Å²) >= 11 is 0. The average molecular weight is 257 g/mol. The summed E-state index contributed by atoms with van der Waals surface area (Å²) in [6.07, 6.45) is -4.36. The number of fused-ring (bicyclic) bond motifs is 1. The van der Waals surface area contributed by atoms with Crippen LogP contribution in [0.15, 0.2) is 24.3 Å². The summed E-state index contributed by atoms with van der Waals surface area (Å²) in [5.74, 6) is -0.982. The summed E-state index contributed by atoms with van der Waals surface area (Å²) in [6.45, 7) is 0. The fourth-order valence-corrected chi connectivity index (χ4v) is 1.83. The number of aliphatic carboxylic acids is 1. The van der Waals surface area contributed by atoms with Gasteiger partial charge in [-0.2, -0.15) is 13.2 Å². The number of hydrogen-bond acceptors (Lipinski definition) is 1. The Morgan fingerprint density at radius 3 is 2.67 bits per heavy atom. The van der Waals surface area contributed by atoms with Crippen LogP contribution >= 0.6 is 0 Å². The molecule has 0 amide bonds. The van der Waals surface area contributed by atoms with E-state index in [0.29, 0.717) is 11.1 Å². The molecule has 1 heterocycles. The van der Waals surface area contributed by atoms with Crippen LogP contribution in [0, 0.1) is 0 Å². The molecule has 1 aromatic carbocycles. The van der Waals surface area contributed by atoms with E-state index in [1.165, 1.54) is 6.07 Å². The van der Waals surface area contributed by atoms with Crippen LogP contribution < -0.4 is 0 Å². The monoisotopic (exact) mass is 257 g/mol. The van der Waals surface area contributed by atoms with E-state index >= 15 is 0 Å². The minimum absolute atomic E-state index is 0.00499. The van der Waals surface area contributed by atoms with Gasteiger partial charge in [0.1, 0.15) is 0 Å². The topological polar surface area (TPSA) is 53.1 Å². The zero-order valence-corrected chi connectivity index (χ0v) is 9.21. The van der Waals surface area contributed by atoms with Gasteiger partial charge in [0.15, 0.2) is 0 Å². The number of rotatable bonds is 3. The molecule has 0 atom stereocenters. The molecule has 0 aliphatic heterocycles. The quantitative estimate of drug-likeness (QED) is 0.887. The molecule has 1 aromatic heterocycles. The number of hydrogen-bond donors (Lipinski definition) is 2. The number of aromatic amines is 1. The van der Waals surface area contributed by atoms with Crippen LogP contribution in [-0.2, 0) is 17.4 Å². The van der Waals surface area contributed by atoms with E-state index in [1.807, 2.05) is 0 Å². The van der Waals surface area contributed by atoms with Crippen molar-refractivity contribution in [3.8, 4) is 0 Å². The van der Waals surface area contributed by atoms with Gasteiger partial charge in [-0.05, 0) is 18.6 Å². The first-order chi connectivity index (χ1) is 8.38. The van der Waals surface area contributed by atoms with E-state index in [-0.39, 0.29) is 18.4 Å². The molecule has 2 rings (SSSR count). The van der Waals surface area contributed by atoms with Crippen LogP contribution in [0.3, 0.4) is 0 Å². The first kappa shape index (κ1) is 12.5. The highest BCUT2D eigenvalue weighted by atomic mass is 19.4. The van der Waals surface area contributed by atoms with E-state index in [9.17, 15) is 18.0 Å². The van der Waals surface area contributed by atoms with Crippen LogP contribution in [-0.4, -0.2) is 16.1 Å². The van der Waals surface area contributed by atoms with Gasteiger partial charge in [0.2, 0.25) is 0 Å². The molecule has 96 valence electrons. The number of halogens is 3. The smallest absolute Gasteiger partial charge is 0.418 e. The van der Waals surface area contributed by atoms with Gasteiger partial charge in [0.25, 0.3) is 0 Å². The number of carboxylic acids is 1. The van der Waals surface area contributed by atoms with E-state index in [1.54, 1.807) is 12.1 Å². The fourth-order valence-electron chi connectivity index (χ4n) is 1.83. The van der Waals surface area contributed by atoms with Gasteiger partial charge < -0.3 is 10.1 Å². The molecule has 2 N–H and O–H groups in total. The Kier molecular flexibility index (Phi) is 3.02. The van der Waals surface area contributed by atoms with Crippen molar-refractivity contribution >= 4 is 16.9 Å². The molecule has 0 bridgehead atoms. The first-order valence-electron chi connectivity index (χ1n) is 5.27. The zero-order chi connectivity index (χ0) is 13.3. The summed E-state index contributed by atoms with van der Waals surface area (Å²) in [7, 11) is 0. The molecule has 0 saturated carbocycles. The zero-order valence-electron chi connectivity index (χ0n) is 9.21. The molecule has 0 radical (unpaired) electrons. The summed E-state index contributed by atoms with van der Waals surface area (Å²) < 4.78 is 38.2. The van der Waals surface area contributed by atoms with Crippen LogP contribution in [0.2, 0.25) is 0 Å². The second-order valence-electron chi connectivity index (χ2n) is 3.96. The Bertz CT molecular complexity index is 587. The third kappa shape index (κ3) is 2.47. The minimum Gasteiger partial charge on any atom is -0.481 e. The lowest BCUT2D eigenvalue weighted by atomic mass is 10.1. The van der Waals surface area contributed by atoms with Gasteiger partial charge in [0.05, 0.1) is 17.5 Å². The molecule has 2 aromatic rings. The van der Waals surface area contributed by atoms with Gasteiger partial charge in [-0.1, -0.05) is 12.1 Å². The number of carbonyl (C=O) groups is 1. The van der Waals surface area contributed by atoms with E-state index in [2.05, 4.69) is 4.98 Å². The molecular formula is C12H10F3NO2. The van der Waals surface area contributed by atoms with Crippen LogP contribution in [0.4, 0.5) is 13.2 Å². The van der Waals surface area contributed by atoms with Crippen molar-refractivity contribution in [2.75, 3.05) is 0 Å². The molecular weight excluding hydrogens is 247 g/mol. The number of nitrogens with one attached hydrogen (secondary N) is 1. The van der Waals surface area contributed by atoms with Crippen molar-refractivity contribution in [2.24, 2.45) is 0 Å². The predicted molar refractivity (Wildman–Crippen MR) is 59.3 cm³/mol. The Labute approximate surface area is 100 Å². The van der Waals surface area contributed by atoms with Crippen molar-refractivity contribution < 1.29 is 23.1 Å². The van der Waals surface area contributed by atoms with Crippen LogP contribution in [0.1, 0.15) is 17.7 Å². The maximum absolute atomic E-state index is 12.7. The second-order valence-corrected chi connectivity index (χ2v) is 3.96. The highest BCUT2D eigenvalue weighted by molar-refractivity contribution is 5.84. The highest BCUT2D eigenvalue weighted by Gasteiger charge is 2.33. The van der Waals surface area contributed by atoms with Gasteiger partial charge in [-0.15, -0.1) is 0 Å². The number of H-pyrrole nitrogens is 1. The van der Waals surface area contributed by atoms with Gasteiger partial charge in [-0.25, -0.2) is 0 Å². The van der Waals surface area contributed by atoms with E-state index in [0.717, 1.165) is 6.07 Å². The second kappa shape index (κ2) is 4.36. The largest absolute Gasteiger partial charge is 0.481 e. The molecule has 0 aliphatic rings. The van der Waals surface area contributed by atoms with Crippen molar-refractivity contribution in [1.29, 1.82) is 0 Å². The van der Waals surface area contributed by atoms with E-state index < -0.39 is 17.7 Å². The fraction of sp³-hybridized carbons (Fsp3) is 0.250. The lowest BCUT2D eigenvalue weighted by Gasteiger charge is -2.07. The molecule has 3 nitrogen and oxygen atoms in total. The Morgan fingerprint density at radius 1 is 1.33 bits per heavy atom. The third-order valence-corrected chi connectivity index (χ3v) is 2.63. The third-order valence-electron chi connectivity index (χ3n) is 2.63. The van der Waals surface area contributed by atoms with Gasteiger partial charge >= 0.3 is 12.1 Å². The standard InChI is InChI=1S/C12H10F3NO2/c13-12(14,15)9-3-1-2-7-6-8(16-11(7)9)4-5-10(17)18/h1-3,6,16H,4-5H2,(H,17,18). The van der Waals surface area contributed by atoms with Gasteiger partial charge in [0, 0.05) is 11.1 Å². The minimum atomic E-state index is -4.42. The normalized spacial score (nSPS) is 11.9. The Balaban J connectivity index is 2.42. The maximum atomic E-state index is 12.7. The summed E-state index contributed by atoms with van der Waals surface area (Å²) in [5, 5.41) is 8.98. The van der Waals surface area contributed by atoms with Crippen molar-refractivity contribution in [1.82, 2.24) is 4.98 Å². The number of benzene rings is 1. The van der Waals surface area contributed by atoms with Gasteiger partial charge in [-0.3, -0.25) is 4.79 Å². The van der Waals surface area contributed by atoms with Crippen LogP contribution in [0.5, 0.6) is 0 Å². The SMILES string of the molecule is O=C(O)CCc1cc2cccc(C(F)(F)F)c2[nH]1. The summed E-state index contributed by atoms with van der Waals surface area (Å²) in [5.41, 5.74) is -0.240. The Morgan fingerprint density at radius 2 is 2.06 bits per heavy atom. The van der Waals surface area contributed by atoms with Crippen LogP contribution in [0.25, 0.3) is 10.9 Å². The molecule has 0 unspecified atom stereocenters. The van der Waals surface area contributed by atoms with E-state index in [4.69, 9.17) is 5.11 Å². The average Bonchev–Trinajstić information content (AvgIpc) is 2.66. The molecule has 0 saturated heterocycles.